The van der Waals surface area contributed by atoms with E-state index >= 15 is 0 Å². The van der Waals surface area contributed by atoms with Gasteiger partial charge in [0.15, 0.2) is 13.1 Å². The highest BCUT2D eigenvalue weighted by Gasteiger charge is 2.28. The van der Waals surface area contributed by atoms with E-state index in [2.05, 4.69) is 17.6 Å². The Morgan fingerprint density at radius 2 is 1.68 bits per heavy atom. The minimum atomic E-state index is -0.358. The Balaban J connectivity index is 1.36. The summed E-state index contributed by atoms with van der Waals surface area (Å²) in [6, 6.07) is 6.28. The topological polar surface area (TPSA) is 67.1 Å². The maximum absolute atomic E-state index is 13.2. The average Bonchev–Trinajstić information content (AvgIpc) is 2.65. The third-order valence-corrected chi connectivity index (χ3v) is 6.05. The molecule has 4 N–H and O–H groups in total. The lowest BCUT2D eigenvalue weighted by Gasteiger charge is -2.31. The van der Waals surface area contributed by atoms with Gasteiger partial charge in [0.05, 0.1) is 0 Å². The average molecular weight is 393 g/mol. The van der Waals surface area contributed by atoms with Crippen molar-refractivity contribution in [3.8, 4) is 0 Å². The number of rotatable bonds is 6. The molecule has 1 saturated carbocycles. The summed E-state index contributed by atoms with van der Waals surface area (Å²) in [4.78, 5) is 27.1. The molecule has 2 amide bonds. The number of halogens is 1. The van der Waals surface area contributed by atoms with Gasteiger partial charge in [-0.25, -0.2) is 4.39 Å². The highest BCUT2D eigenvalue weighted by molar-refractivity contribution is 5.91. The highest BCUT2D eigenvalue weighted by atomic mass is 19.1. The van der Waals surface area contributed by atoms with Crippen molar-refractivity contribution < 1.29 is 23.8 Å². The molecule has 1 saturated heterocycles. The second-order valence-electron chi connectivity index (χ2n) is 8.35. The molecule has 3 rings (SSSR count). The number of hydrogen-bond acceptors (Lipinski definition) is 2. The fourth-order valence-electron chi connectivity index (χ4n) is 4.32. The first-order valence-electron chi connectivity index (χ1n) is 10.5. The lowest BCUT2D eigenvalue weighted by atomic mass is 9.86. The van der Waals surface area contributed by atoms with Crippen molar-refractivity contribution in [2.24, 2.45) is 5.92 Å². The molecule has 1 aliphatic carbocycles. The third kappa shape index (κ3) is 6.27. The monoisotopic (exact) mass is 392 g/mol. The molecule has 2 aliphatic rings. The van der Waals surface area contributed by atoms with Gasteiger partial charge in [-0.2, -0.15) is 0 Å². The summed E-state index contributed by atoms with van der Waals surface area (Å²) in [7, 11) is 0. The maximum Gasteiger partial charge on any atom is 0.279 e. The van der Waals surface area contributed by atoms with Crippen LogP contribution in [0.1, 0.15) is 32.6 Å². The van der Waals surface area contributed by atoms with Gasteiger partial charge in [-0.15, -0.1) is 0 Å². The summed E-state index contributed by atoms with van der Waals surface area (Å²) in [6.07, 6.45) is 4.79. The summed E-state index contributed by atoms with van der Waals surface area (Å²) in [5.74, 6) is 0.267. The molecule has 0 aromatic heterocycles. The Morgan fingerprint density at radius 1 is 1.04 bits per heavy atom. The predicted molar refractivity (Wildman–Crippen MR) is 106 cm³/mol. The summed E-state index contributed by atoms with van der Waals surface area (Å²) in [5, 5.41) is 5.98. The van der Waals surface area contributed by atoms with E-state index in [1.807, 2.05) is 0 Å². The second kappa shape index (κ2) is 9.98. The first kappa shape index (κ1) is 20.7. The Kier molecular flexibility index (Phi) is 7.39. The normalized spacial score (nSPS) is 27.8. The third-order valence-electron chi connectivity index (χ3n) is 6.05. The highest BCUT2D eigenvalue weighted by Crippen LogP contribution is 2.23. The molecule has 1 aliphatic heterocycles. The van der Waals surface area contributed by atoms with Crippen LogP contribution in [-0.4, -0.2) is 57.1 Å². The van der Waals surface area contributed by atoms with E-state index in [1.165, 1.54) is 41.2 Å². The minimum absolute atomic E-state index is 0.104. The Morgan fingerprint density at radius 3 is 2.32 bits per heavy atom. The second-order valence-corrected chi connectivity index (χ2v) is 8.35. The zero-order chi connectivity index (χ0) is 19.9. The molecule has 2 atom stereocenters. The summed E-state index contributed by atoms with van der Waals surface area (Å²) in [5.41, 5.74) is 0.488. The van der Waals surface area contributed by atoms with Crippen LogP contribution in [0.15, 0.2) is 24.3 Å². The molecular weight excluding hydrogens is 359 g/mol. The fourth-order valence-corrected chi connectivity index (χ4v) is 4.32. The molecule has 7 heteroatoms. The van der Waals surface area contributed by atoms with Crippen molar-refractivity contribution in [2.45, 2.75) is 38.6 Å². The van der Waals surface area contributed by atoms with E-state index < -0.39 is 0 Å². The van der Waals surface area contributed by atoms with Crippen molar-refractivity contribution in [2.75, 3.05) is 44.6 Å². The fraction of sp³-hybridized carbons (Fsp3) is 0.619. The number of anilines is 1. The van der Waals surface area contributed by atoms with Gasteiger partial charge in [-0.05, 0) is 37.0 Å². The van der Waals surface area contributed by atoms with Crippen LogP contribution in [0.5, 0.6) is 0 Å². The van der Waals surface area contributed by atoms with Crippen molar-refractivity contribution in [3.05, 3.63) is 30.1 Å². The van der Waals surface area contributed by atoms with Crippen LogP contribution in [0.3, 0.4) is 0 Å². The number of amides is 2. The van der Waals surface area contributed by atoms with Crippen molar-refractivity contribution in [1.29, 1.82) is 0 Å². The van der Waals surface area contributed by atoms with E-state index in [0.717, 1.165) is 32.6 Å². The molecule has 6 nitrogen and oxygen atoms in total. The van der Waals surface area contributed by atoms with E-state index in [9.17, 15) is 14.0 Å². The molecule has 2 fully saturated rings. The van der Waals surface area contributed by atoms with Gasteiger partial charge in [-0.1, -0.05) is 25.8 Å². The summed E-state index contributed by atoms with van der Waals surface area (Å²) >= 11 is 0. The SMILES string of the molecule is C[C@H]1CCCC[C@H]1NC(=O)C[NH+]1CC[NH+](CC(=O)Nc2cccc(F)c2)CC1. The van der Waals surface area contributed by atoms with Crippen LogP contribution in [0.25, 0.3) is 0 Å². The standard InChI is InChI=1S/C21H31FN4O2/c1-16-5-2-3-8-19(16)24-21(28)15-26-11-9-25(10-12-26)14-20(27)23-18-7-4-6-17(22)13-18/h4,6-7,13,16,19H,2-3,5,8-12,14-15H2,1H3,(H,23,27)(H,24,28)/p+2/t16-,19+/m0/s1. The molecule has 0 spiro atoms. The van der Waals surface area contributed by atoms with Crippen LogP contribution >= 0.6 is 0 Å². The number of hydrogen-bond donors (Lipinski definition) is 4. The van der Waals surface area contributed by atoms with Crippen molar-refractivity contribution in [1.82, 2.24) is 5.32 Å². The minimum Gasteiger partial charge on any atom is -0.348 e. The molecule has 0 unspecified atom stereocenters. The zero-order valence-electron chi connectivity index (χ0n) is 16.7. The van der Waals surface area contributed by atoms with E-state index in [1.54, 1.807) is 12.1 Å². The van der Waals surface area contributed by atoms with Gasteiger partial charge in [-0.3, -0.25) is 9.59 Å². The van der Waals surface area contributed by atoms with Gasteiger partial charge in [0.1, 0.15) is 32.0 Å². The van der Waals surface area contributed by atoms with Gasteiger partial charge in [0.25, 0.3) is 11.8 Å². The van der Waals surface area contributed by atoms with Crippen LogP contribution in [0.2, 0.25) is 0 Å². The van der Waals surface area contributed by atoms with E-state index in [0.29, 0.717) is 30.7 Å². The van der Waals surface area contributed by atoms with Crippen LogP contribution in [0, 0.1) is 11.7 Å². The van der Waals surface area contributed by atoms with Gasteiger partial charge >= 0.3 is 0 Å². The van der Waals surface area contributed by atoms with E-state index in [4.69, 9.17) is 0 Å². The van der Waals surface area contributed by atoms with Crippen LogP contribution < -0.4 is 20.4 Å². The van der Waals surface area contributed by atoms with Crippen LogP contribution in [0.4, 0.5) is 10.1 Å². The molecule has 28 heavy (non-hydrogen) atoms. The molecule has 1 heterocycles. The first-order valence-corrected chi connectivity index (χ1v) is 10.5. The molecule has 0 bridgehead atoms. The van der Waals surface area contributed by atoms with Crippen LogP contribution in [-0.2, 0) is 9.59 Å². The van der Waals surface area contributed by atoms with Gasteiger partial charge in [0.2, 0.25) is 0 Å². The number of nitrogens with one attached hydrogen (secondary N) is 4. The Bertz CT molecular complexity index is 676. The zero-order valence-corrected chi connectivity index (χ0v) is 16.7. The van der Waals surface area contributed by atoms with Gasteiger partial charge in [0, 0.05) is 11.7 Å². The quantitative estimate of drug-likeness (QED) is 0.514. The molecule has 0 radical (unpaired) electrons. The summed E-state index contributed by atoms with van der Waals surface area (Å²) < 4.78 is 13.2. The largest absolute Gasteiger partial charge is 0.348 e. The smallest absolute Gasteiger partial charge is 0.279 e. The number of piperazine rings is 1. The summed E-state index contributed by atoms with van der Waals surface area (Å²) in [6.45, 7) is 6.61. The number of quaternary nitrogens is 2. The first-order chi connectivity index (χ1) is 13.5. The lowest BCUT2D eigenvalue weighted by molar-refractivity contribution is -1.00. The Hall–Kier alpha value is -1.99. The molecule has 1 aromatic rings. The predicted octanol–water partition coefficient (Wildman–Crippen LogP) is -0.757. The van der Waals surface area contributed by atoms with Gasteiger partial charge < -0.3 is 20.4 Å². The molecular formula is C21H33FN4O2+2. The lowest BCUT2D eigenvalue weighted by Crippen LogP contribution is -3.28. The van der Waals surface area contributed by atoms with Crippen molar-refractivity contribution >= 4 is 17.5 Å². The van der Waals surface area contributed by atoms with E-state index in [-0.39, 0.29) is 17.6 Å². The Labute approximate surface area is 166 Å². The van der Waals surface area contributed by atoms with Crippen molar-refractivity contribution in [3.63, 3.8) is 0 Å². The number of carbonyl (C=O) groups is 2. The number of carbonyl (C=O) groups excluding carboxylic acids is 2. The molecule has 1 aromatic carbocycles. The maximum atomic E-state index is 13.2. The molecule has 154 valence electrons. The number of benzene rings is 1.